The number of allylic oxidation sites excluding steroid dienone is 1. The van der Waals surface area contributed by atoms with E-state index in [2.05, 4.69) is 86.9 Å². The molecular weight excluding hydrogens is 427 g/mol. The Morgan fingerprint density at radius 3 is 2.41 bits per heavy atom. The lowest BCUT2D eigenvalue weighted by Gasteiger charge is -2.41. The maximum absolute atomic E-state index is 10.3. The predicted octanol–water partition coefficient (Wildman–Crippen LogP) is 5.69. The molecule has 0 spiro atoms. The number of benzene rings is 1. The van der Waals surface area contributed by atoms with Gasteiger partial charge < -0.3 is 15.1 Å². The van der Waals surface area contributed by atoms with Crippen LogP contribution in [0.1, 0.15) is 56.6 Å². The van der Waals surface area contributed by atoms with E-state index in [4.69, 9.17) is 0 Å². The van der Waals surface area contributed by atoms with Gasteiger partial charge in [-0.2, -0.15) is 0 Å². The van der Waals surface area contributed by atoms with Gasteiger partial charge in [0.15, 0.2) is 0 Å². The lowest BCUT2D eigenvalue weighted by molar-refractivity contribution is 0.271. The Morgan fingerprint density at radius 2 is 1.82 bits per heavy atom. The molecule has 1 saturated heterocycles. The van der Waals surface area contributed by atoms with E-state index in [0.29, 0.717) is 12.0 Å². The van der Waals surface area contributed by atoms with Gasteiger partial charge in [-0.05, 0) is 76.1 Å². The molecule has 3 aliphatic rings. The second kappa shape index (κ2) is 11.3. The standard InChI is InChI=1S/C25H31N5.C2H4FN/c1-18-3-7-21(8-4-18)30(25-17-26-12-9-24(25)20-5-6-20)22-10-13-29(14-11-22)23-15-27-19(2)28-16-23;1-2-4-3/h3-4,7-9,12,15-17,19-20,22,27H,5-6,10-11,13-14H2,1-2H3;2H,1H3/b;4-2+. The summed E-state index contributed by atoms with van der Waals surface area (Å²) < 4.78 is 10.3. The van der Waals surface area contributed by atoms with Gasteiger partial charge in [-0.1, -0.05) is 22.2 Å². The predicted molar refractivity (Wildman–Crippen MR) is 139 cm³/mol. The second-order valence-corrected chi connectivity index (χ2v) is 9.18. The maximum Gasteiger partial charge on any atom is 0.115 e. The summed E-state index contributed by atoms with van der Waals surface area (Å²) in [5.41, 5.74) is 6.55. The number of nitrogens with zero attached hydrogens (tertiary/aromatic N) is 5. The summed E-state index contributed by atoms with van der Waals surface area (Å²) in [5.74, 6) is 0.702. The van der Waals surface area contributed by atoms with Crippen LogP contribution in [0.4, 0.5) is 15.9 Å². The minimum absolute atomic E-state index is 0.176. The average molecular weight is 463 g/mol. The molecular formula is C27H35FN6. The second-order valence-electron chi connectivity index (χ2n) is 9.18. The van der Waals surface area contributed by atoms with Crippen molar-refractivity contribution in [2.24, 2.45) is 10.2 Å². The third-order valence-corrected chi connectivity index (χ3v) is 6.62. The number of aromatic nitrogens is 1. The van der Waals surface area contributed by atoms with E-state index in [1.165, 1.54) is 48.0 Å². The first-order valence-electron chi connectivity index (χ1n) is 12.2. The molecule has 1 N–H and O–H groups in total. The lowest BCUT2D eigenvalue weighted by atomic mass is 9.99. The van der Waals surface area contributed by atoms with Crippen LogP contribution in [-0.2, 0) is 0 Å². The molecule has 1 saturated carbocycles. The molecule has 0 radical (unpaired) electrons. The first kappa shape index (κ1) is 23.9. The fraction of sp³-hybridized carbons (Fsp3) is 0.444. The number of likely N-dealkylation sites (tertiary alicyclic amines) is 1. The van der Waals surface area contributed by atoms with Crippen molar-refractivity contribution in [1.29, 1.82) is 0 Å². The van der Waals surface area contributed by atoms with Crippen molar-refractivity contribution in [3.63, 3.8) is 0 Å². The lowest BCUT2D eigenvalue weighted by Crippen LogP contribution is -2.44. The molecule has 180 valence electrons. The van der Waals surface area contributed by atoms with E-state index >= 15 is 0 Å². The highest BCUT2D eigenvalue weighted by molar-refractivity contribution is 5.78. The van der Waals surface area contributed by atoms with Crippen LogP contribution < -0.4 is 10.2 Å². The number of aryl methyl sites for hydroxylation is 1. The van der Waals surface area contributed by atoms with Gasteiger partial charge in [0, 0.05) is 49.6 Å². The van der Waals surface area contributed by atoms with Crippen LogP contribution >= 0.6 is 0 Å². The molecule has 5 rings (SSSR count). The van der Waals surface area contributed by atoms with Crippen molar-refractivity contribution in [3.05, 3.63) is 65.7 Å². The van der Waals surface area contributed by atoms with Gasteiger partial charge in [0.2, 0.25) is 0 Å². The molecule has 1 unspecified atom stereocenters. The third-order valence-electron chi connectivity index (χ3n) is 6.62. The topological polar surface area (TPSA) is 56.1 Å². The van der Waals surface area contributed by atoms with Crippen molar-refractivity contribution in [3.8, 4) is 0 Å². The van der Waals surface area contributed by atoms with E-state index < -0.39 is 0 Å². The number of nitrogens with one attached hydrogen (secondary N) is 1. The van der Waals surface area contributed by atoms with Crippen LogP contribution in [0.3, 0.4) is 0 Å². The van der Waals surface area contributed by atoms with E-state index in [0.717, 1.165) is 32.1 Å². The van der Waals surface area contributed by atoms with Gasteiger partial charge in [-0.25, -0.2) is 0 Å². The molecule has 2 aliphatic heterocycles. The van der Waals surface area contributed by atoms with Crippen LogP contribution in [-0.4, -0.2) is 47.6 Å². The number of pyridine rings is 1. The summed E-state index contributed by atoms with van der Waals surface area (Å²) in [6.07, 6.45) is 14.3. The Kier molecular flexibility index (Phi) is 7.93. The van der Waals surface area contributed by atoms with Gasteiger partial charge >= 0.3 is 0 Å². The largest absolute Gasteiger partial charge is 0.369 e. The molecule has 3 heterocycles. The molecule has 34 heavy (non-hydrogen) atoms. The normalized spacial score (nSPS) is 20.4. The number of aliphatic imine (C=N–C) groups is 1. The maximum atomic E-state index is 10.3. The minimum atomic E-state index is 0.176. The summed E-state index contributed by atoms with van der Waals surface area (Å²) in [7, 11) is 0. The molecule has 1 atom stereocenters. The van der Waals surface area contributed by atoms with Gasteiger partial charge in [0.1, 0.15) is 6.17 Å². The van der Waals surface area contributed by atoms with Crippen molar-refractivity contribution >= 4 is 23.8 Å². The molecule has 2 fully saturated rings. The van der Waals surface area contributed by atoms with Crippen molar-refractivity contribution in [1.82, 2.24) is 15.2 Å². The smallest absolute Gasteiger partial charge is 0.115 e. The summed E-state index contributed by atoms with van der Waals surface area (Å²) >= 11 is 0. The van der Waals surface area contributed by atoms with Gasteiger partial charge in [-0.3, -0.25) is 9.98 Å². The molecule has 0 bridgehead atoms. The van der Waals surface area contributed by atoms with E-state index in [9.17, 15) is 4.48 Å². The van der Waals surface area contributed by atoms with Crippen molar-refractivity contribution < 1.29 is 4.48 Å². The highest BCUT2D eigenvalue weighted by atomic mass is 19.2. The highest BCUT2D eigenvalue weighted by Crippen LogP contribution is 2.46. The van der Waals surface area contributed by atoms with Crippen LogP contribution in [0.5, 0.6) is 0 Å². The Balaban J connectivity index is 0.000000636. The number of rotatable bonds is 5. The monoisotopic (exact) mass is 462 g/mol. The number of anilines is 2. The molecule has 1 aromatic carbocycles. The molecule has 0 amide bonds. The SMILES string of the molecule is C/C=N/F.Cc1ccc(N(c2cnccc2C2CC2)C2CCN(C3=CNC(C)N=C3)CC2)cc1. The van der Waals surface area contributed by atoms with Gasteiger partial charge in [0.25, 0.3) is 0 Å². The molecule has 1 aromatic heterocycles. The zero-order valence-corrected chi connectivity index (χ0v) is 20.4. The third kappa shape index (κ3) is 5.82. The molecule has 1 aliphatic carbocycles. The summed E-state index contributed by atoms with van der Waals surface area (Å²) in [5, 5.41) is 5.44. The molecule has 2 aromatic rings. The van der Waals surface area contributed by atoms with E-state index in [1.807, 2.05) is 12.4 Å². The Hall–Kier alpha value is -3.22. The van der Waals surface area contributed by atoms with Crippen LogP contribution in [0.2, 0.25) is 0 Å². The quantitative estimate of drug-likeness (QED) is 0.580. The Morgan fingerprint density at radius 1 is 1.12 bits per heavy atom. The first-order valence-corrected chi connectivity index (χ1v) is 12.2. The van der Waals surface area contributed by atoms with Crippen LogP contribution in [0.25, 0.3) is 0 Å². The zero-order chi connectivity index (χ0) is 23.9. The zero-order valence-electron chi connectivity index (χ0n) is 20.4. The highest BCUT2D eigenvalue weighted by Gasteiger charge is 2.32. The Bertz CT molecular complexity index is 1020. The van der Waals surface area contributed by atoms with Crippen LogP contribution in [0.15, 0.2) is 64.8 Å². The summed E-state index contributed by atoms with van der Waals surface area (Å²) in [6, 6.07) is 11.7. The molecule has 6 nitrogen and oxygen atoms in total. The fourth-order valence-corrected chi connectivity index (χ4v) is 4.62. The summed E-state index contributed by atoms with van der Waals surface area (Å²) in [4.78, 5) is 14.1. The van der Waals surface area contributed by atoms with Crippen LogP contribution in [0, 0.1) is 6.92 Å². The van der Waals surface area contributed by atoms with Crippen molar-refractivity contribution in [2.45, 2.75) is 64.6 Å². The van der Waals surface area contributed by atoms with E-state index in [1.54, 1.807) is 0 Å². The van der Waals surface area contributed by atoms with Gasteiger partial charge in [-0.15, -0.1) is 5.21 Å². The fourth-order valence-electron chi connectivity index (χ4n) is 4.62. The molecule has 7 heteroatoms. The average Bonchev–Trinajstić information content (AvgIpc) is 3.72. The minimum Gasteiger partial charge on any atom is -0.369 e. The van der Waals surface area contributed by atoms with Gasteiger partial charge in [0.05, 0.1) is 17.6 Å². The van der Waals surface area contributed by atoms with E-state index in [-0.39, 0.29) is 6.17 Å². The number of hydrogen-bond donors (Lipinski definition) is 1. The Labute approximate surface area is 202 Å². The summed E-state index contributed by atoms with van der Waals surface area (Å²) in [6.45, 7) is 7.82. The first-order chi connectivity index (χ1) is 16.6. The number of halogens is 1. The number of piperidine rings is 1. The number of hydrogen-bond acceptors (Lipinski definition) is 6. The van der Waals surface area contributed by atoms with Crippen molar-refractivity contribution in [2.75, 3.05) is 18.0 Å².